The zero-order chi connectivity index (χ0) is 19.0. The Balaban J connectivity index is 1.58. The minimum Gasteiger partial charge on any atom is -0.493 e. The number of hydrogen-bond acceptors (Lipinski definition) is 6. The molecule has 27 heavy (non-hydrogen) atoms. The van der Waals surface area contributed by atoms with Crippen LogP contribution in [0.25, 0.3) is 11.3 Å². The summed E-state index contributed by atoms with van der Waals surface area (Å²) in [4.78, 5) is 27.7. The number of rotatable bonds is 4. The van der Waals surface area contributed by atoms with Gasteiger partial charge in [-0.05, 0) is 36.8 Å². The SMILES string of the molecule is Cc1cccc(C(=O)Nc2nc(-c3ccc4c(c3)CCO4)cs2)c1[N+](=O)[O-]. The highest BCUT2D eigenvalue weighted by atomic mass is 32.1. The number of anilines is 1. The van der Waals surface area contributed by atoms with Crippen molar-refractivity contribution in [3.05, 3.63) is 68.6 Å². The Hall–Kier alpha value is -3.26. The van der Waals surface area contributed by atoms with Crippen LogP contribution in [0.3, 0.4) is 0 Å². The third-order valence-corrected chi connectivity index (χ3v) is 5.13. The van der Waals surface area contributed by atoms with Crippen LogP contribution in [0.2, 0.25) is 0 Å². The van der Waals surface area contributed by atoms with Gasteiger partial charge in [-0.25, -0.2) is 4.98 Å². The fourth-order valence-electron chi connectivity index (χ4n) is 3.06. The number of aromatic nitrogens is 1. The number of carbonyl (C=O) groups is 1. The smallest absolute Gasteiger partial charge is 0.285 e. The molecular formula is C19H15N3O4S. The monoisotopic (exact) mass is 381 g/mol. The molecule has 3 aromatic rings. The summed E-state index contributed by atoms with van der Waals surface area (Å²) in [5.41, 5.74) is 3.09. The number of hydrogen-bond donors (Lipinski definition) is 1. The lowest BCUT2D eigenvalue weighted by Crippen LogP contribution is -2.14. The van der Waals surface area contributed by atoms with Crippen LogP contribution in [0, 0.1) is 17.0 Å². The van der Waals surface area contributed by atoms with E-state index in [2.05, 4.69) is 10.3 Å². The van der Waals surface area contributed by atoms with Crippen molar-refractivity contribution >= 4 is 28.1 Å². The van der Waals surface area contributed by atoms with E-state index in [9.17, 15) is 14.9 Å². The van der Waals surface area contributed by atoms with Crippen molar-refractivity contribution < 1.29 is 14.5 Å². The molecule has 1 aliphatic heterocycles. The van der Waals surface area contributed by atoms with E-state index in [4.69, 9.17) is 4.74 Å². The molecule has 2 aromatic carbocycles. The quantitative estimate of drug-likeness (QED) is 0.539. The van der Waals surface area contributed by atoms with Gasteiger partial charge < -0.3 is 4.74 Å². The Kier molecular flexibility index (Phi) is 4.33. The number of nitro benzene ring substituents is 1. The van der Waals surface area contributed by atoms with Crippen molar-refractivity contribution in [3.63, 3.8) is 0 Å². The van der Waals surface area contributed by atoms with E-state index in [1.165, 1.54) is 17.4 Å². The third-order valence-electron chi connectivity index (χ3n) is 4.37. The van der Waals surface area contributed by atoms with E-state index in [-0.39, 0.29) is 11.3 Å². The van der Waals surface area contributed by atoms with E-state index in [1.807, 2.05) is 23.6 Å². The second-order valence-corrected chi connectivity index (χ2v) is 7.00. The number of ether oxygens (including phenoxy) is 1. The van der Waals surface area contributed by atoms with Crippen molar-refractivity contribution in [1.82, 2.24) is 4.98 Å². The van der Waals surface area contributed by atoms with Gasteiger partial charge in [0.1, 0.15) is 11.3 Å². The second kappa shape index (κ2) is 6.81. The van der Waals surface area contributed by atoms with E-state index in [1.54, 1.807) is 19.1 Å². The molecule has 1 N–H and O–H groups in total. The summed E-state index contributed by atoms with van der Waals surface area (Å²) < 4.78 is 5.51. The van der Waals surface area contributed by atoms with E-state index >= 15 is 0 Å². The highest BCUT2D eigenvalue weighted by Gasteiger charge is 2.23. The number of fused-ring (bicyclic) bond motifs is 1. The molecule has 0 atom stereocenters. The normalized spacial score (nSPS) is 12.3. The maximum absolute atomic E-state index is 12.5. The first-order valence-corrected chi connectivity index (χ1v) is 9.18. The molecule has 136 valence electrons. The summed E-state index contributed by atoms with van der Waals surface area (Å²) in [5.74, 6) is 0.350. The Labute approximate surface area is 158 Å². The number of nitro groups is 1. The van der Waals surface area contributed by atoms with E-state index in [0.717, 1.165) is 29.0 Å². The van der Waals surface area contributed by atoms with Crippen LogP contribution in [-0.4, -0.2) is 22.4 Å². The topological polar surface area (TPSA) is 94.4 Å². The second-order valence-electron chi connectivity index (χ2n) is 6.14. The summed E-state index contributed by atoms with van der Waals surface area (Å²) >= 11 is 1.27. The highest BCUT2D eigenvalue weighted by Crippen LogP contribution is 2.32. The zero-order valence-corrected chi connectivity index (χ0v) is 15.2. The lowest BCUT2D eigenvalue weighted by Gasteiger charge is -2.05. The molecule has 0 saturated carbocycles. The van der Waals surface area contributed by atoms with Crippen molar-refractivity contribution in [2.24, 2.45) is 0 Å². The van der Waals surface area contributed by atoms with E-state index in [0.29, 0.717) is 17.3 Å². The Bertz CT molecular complexity index is 1060. The van der Waals surface area contributed by atoms with Crippen LogP contribution in [-0.2, 0) is 6.42 Å². The fraction of sp³-hybridized carbons (Fsp3) is 0.158. The van der Waals surface area contributed by atoms with Gasteiger partial charge in [0, 0.05) is 22.9 Å². The van der Waals surface area contributed by atoms with Crippen molar-refractivity contribution in [2.45, 2.75) is 13.3 Å². The summed E-state index contributed by atoms with van der Waals surface area (Å²) in [7, 11) is 0. The summed E-state index contributed by atoms with van der Waals surface area (Å²) in [6.45, 7) is 2.29. The van der Waals surface area contributed by atoms with Gasteiger partial charge in [-0.1, -0.05) is 12.1 Å². The Morgan fingerprint density at radius 2 is 2.19 bits per heavy atom. The Morgan fingerprint density at radius 3 is 3.00 bits per heavy atom. The van der Waals surface area contributed by atoms with Crippen LogP contribution < -0.4 is 10.1 Å². The fourth-order valence-corrected chi connectivity index (χ4v) is 3.77. The lowest BCUT2D eigenvalue weighted by atomic mass is 10.1. The molecular weight excluding hydrogens is 366 g/mol. The predicted octanol–water partition coefficient (Wildman–Crippen LogP) is 4.21. The van der Waals surface area contributed by atoms with Crippen LogP contribution in [0.5, 0.6) is 5.75 Å². The first-order valence-electron chi connectivity index (χ1n) is 8.30. The first kappa shape index (κ1) is 17.2. The highest BCUT2D eigenvalue weighted by molar-refractivity contribution is 7.14. The van der Waals surface area contributed by atoms with Gasteiger partial charge in [0.15, 0.2) is 5.13 Å². The van der Waals surface area contributed by atoms with Gasteiger partial charge >= 0.3 is 0 Å². The Morgan fingerprint density at radius 1 is 1.33 bits per heavy atom. The van der Waals surface area contributed by atoms with Crippen molar-refractivity contribution in [2.75, 3.05) is 11.9 Å². The molecule has 0 fully saturated rings. The minimum atomic E-state index is -0.548. The van der Waals surface area contributed by atoms with Gasteiger partial charge in [-0.2, -0.15) is 0 Å². The van der Waals surface area contributed by atoms with Crippen LogP contribution in [0.15, 0.2) is 41.8 Å². The summed E-state index contributed by atoms with van der Waals surface area (Å²) in [5, 5.41) is 16.2. The van der Waals surface area contributed by atoms with Crippen LogP contribution in [0.4, 0.5) is 10.8 Å². The average Bonchev–Trinajstić information content (AvgIpc) is 3.29. The van der Waals surface area contributed by atoms with Crippen molar-refractivity contribution in [3.8, 4) is 17.0 Å². The zero-order valence-electron chi connectivity index (χ0n) is 14.4. The van der Waals surface area contributed by atoms with Gasteiger partial charge in [0.05, 0.1) is 17.2 Å². The molecule has 0 unspecified atom stereocenters. The summed E-state index contributed by atoms with van der Waals surface area (Å²) in [6.07, 6.45) is 0.869. The lowest BCUT2D eigenvalue weighted by molar-refractivity contribution is -0.385. The number of amides is 1. The number of nitrogens with zero attached hydrogens (tertiary/aromatic N) is 2. The molecule has 4 rings (SSSR count). The van der Waals surface area contributed by atoms with Gasteiger partial charge in [0.25, 0.3) is 11.6 Å². The summed E-state index contributed by atoms with van der Waals surface area (Å²) in [6, 6.07) is 10.6. The van der Waals surface area contributed by atoms with Gasteiger partial charge in [0.2, 0.25) is 0 Å². The largest absolute Gasteiger partial charge is 0.493 e. The van der Waals surface area contributed by atoms with Gasteiger partial charge in [-0.15, -0.1) is 11.3 Å². The minimum absolute atomic E-state index is 0.0198. The molecule has 7 nitrogen and oxygen atoms in total. The molecule has 2 heterocycles. The average molecular weight is 381 g/mol. The maximum atomic E-state index is 12.5. The molecule has 0 bridgehead atoms. The van der Waals surface area contributed by atoms with Crippen LogP contribution in [0.1, 0.15) is 21.5 Å². The first-order chi connectivity index (χ1) is 13.0. The number of benzene rings is 2. The number of aryl methyl sites for hydroxylation is 1. The number of para-hydroxylation sites is 1. The number of carbonyl (C=O) groups excluding carboxylic acids is 1. The molecule has 1 aromatic heterocycles. The van der Waals surface area contributed by atoms with E-state index < -0.39 is 10.8 Å². The third kappa shape index (κ3) is 3.26. The number of thiazole rings is 1. The molecule has 0 spiro atoms. The van der Waals surface area contributed by atoms with Crippen LogP contribution >= 0.6 is 11.3 Å². The molecule has 0 radical (unpaired) electrons. The molecule has 0 aliphatic carbocycles. The maximum Gasteiger partial charge on any atom is 0.285 e. The molecule has 1 aliphatic rings. The molecule has 0 saturated heterocycles. The number of nitrogens with one attached hydrogen (secondary N) is 1. The van der Waals surface area contributed by atoms with Gasteiger partial charge in [-0.3, -0.25) is 20.2 Å². The van der Waals surface area contributed by atoms with Crippen molar-refractivity contribution in [1.29, 1.82) is 0 Å². The molecule has 8 heteroatoms. The standard InChI is InChI=1S/C19H15N3O4S/c1-11-3-2-4-14(17(11)22(24)25)18(23)21-19-20-15(10-27-19)12-5-6-16-13(9-12)7-8-26-16/h2-6,9-10H,7-8H2,1H3,(H,20,21,23). The predicted molar refractivity (Wildman–Crippen MR) is 103 cm³/mol. The molecule has 1 amide bonds.